The van der Waals surface area contributed by atoms with E-state index in [0.717, 1.165) is 11.5 Å². The quantitative estimate of drug-likeness (QED) is 0.891. The van der Waals surface area contributed by atoms with Gasteiger partial charge in [0.05, 0.1) is 5.02 Å². The second-order valence-electron chi connectivity index (χ2n) is 3.50. The summed E-state index contributed by atoms with van der Waals surface area (Å²) < 4.78 is 30.4. The molecule has 102 valence electrons. The summed E-state index contributed by atoms with van der Waals surface area (Å²) in [4.78, 5) is 7.81. The van der Waals surface area contributed by atoms with Crippen molar-refractivity contribution in [1.82, 2.24) is 14.3 Å². The zero-order valence-electron chi connectivity index (χ0n) is 10.0. The third-order valence-electron chi connectivity index (χ3n) is 2.11. The molecule has 0 unspecified atom stereocenters. The second kappa shape index (κ2) is 5.27. The van der Waals surface area contributed by atoms with Crippen LogP contribution in [0.15, 0.2) is 17.2 Å². The highest BCUT2D eigenvalue weighted by Gasteiger charge is 2.18. The van der Waals surface area contributed by atoms with Crippen LogP contribution in [0.25, 0.3) is 0 Å². The molecule has 2 N–H and O–H groups in total. The van der Waals surface area contributed by atoms with Crippen LogP contribution in [0.1, 0.15) is 5.82 Å². The lowest BCUT2D eigenvalue weighted by Crippen LogP contribution is -2.13. The number of hydrogen-bond donors (Lipinski definition) is 2. The Morgan fingerprint density at radius 3 is 2.68 bits per heavy atom. The first-order valence-corrected chi connectivity index (χ1v) is 7.72. The first kappa shape index (κ1) is 14.0. The molecule has 7 nitrogen and oxygen atoms in total. The molecule has 0 spiro atoms. The number of anilines is 2. The Hall–Kier alpha value is -1.45. The van der Waals surface area contributed by atoms with Gasteiger partial charge in [0.1, 0.15) is 16.5 Å². The van der Waals surface area contributed by atoms with E-state index in [-0.39, 0.29) is 15.0 Å². The number of rotatable bonds is 4. The van der Waals surface area contributed by atoms with Crippen molar-refractivity contribution in [2.45, 2.75) is 11.8 Å². The number of aromatic nitrogens is 3. The molecule has 2 aromatic rings. The molecule has 0 aliphatic carbocycles. The number of halogens is 1. The SMILES string of the molecule is CNc1ncc(S(=O)(=O)Nc2nc(C)ns2)cc1Cl. The van der Waals surface area contributed by atoms with Crippen LogP contribution in [0.4, 0.5) is 10.9 Å². The van der Waals surface area contributed by atoms with Crippen LogP contribution in [0.5, 0.6) is 0 Å². The highest BCUT2D eigenvalue weighted by Crippen LogP contribution is 2.23. The normalized spacial score (nSPS) is 11.3. The Labute approximate surface area is 119 Å². The highest BCUT2D eigenvalue weighted by atomic mass is 35.5. The van der Waals surface area contributed by atoms with Gasteiger partial charge >= 0.3 is 0 Å². The average Bonchev–Trinajstić information content (AvgIpc) is 2.73. The van der Waals surface area contributed by atoms with Crippen molar-refractivity contribution in [3.05, 3.63) is 23.1 Å². The van der Waals surface area contributed by atoms with E-state index in [1.807, 2.05) is 0 Å². The summed E-state index contributed by atoms with van der Waals surface area (Å²) in [6, 6.07) is 1.32. The minimum atomic E-state index is -3.76. The lowest BCUT2D eigenvalue weighted by atomic mass is 10.4. The number of pyridine rings is 1. The van der Waals surface area contributed by atoms with Crippen molar-refractivity contribution < 1.29 is 8.42 Å². The molecule has 0 atom stereocenters. The summed E-state index contributed by atoms with van der Waals surface area (Å²) in [6.45, 7) is 1.68. The van der Waals surface area contributed by atoms with E-state index in [2.05, 4.69) is 24.4 Å². The topological polar surface area (TPSA) is 96.9 Å². The number of nitrogens with one attached hydrogen (secondary N) is 2. The molecule has 0 fully saturated rings. The Bertz CT molecular complexity index is 700. The Balaban J connectivity index is 2.31. The third kappa shape index (κ3) is 3.11. The van der Waals surface area contributed by atoms with Crippen LogP contribution >= 0.6 is 23.1 Å². The molecule has 0 saturated heterocycles. The summed E-state index contributed by atoms with van der Waals surface area (Å²) >= 11 is 6.87. The Morgan fingerprint density at radius 1 is 1.42 bits per heavy atom. The van der Waals surface area contributed by atoms with Gasteiger partial charge in [-0.05, 0) is 13.0 Å². The fraction of sp³-hybridized carbons (Fsp3) is 0.222. The van der Waals surface area contributed by atoms with Crippen molar-refractivity contribution >= 4 is 44.1 Å². The van der Waals surface area contributed by atoms with Gasteiger partial charge in [0.15, 0.2) is 0 Å². The van der Waals surface area contributed by atoms with E-state index in [1.165, 1.54) is 12.3 Å². The largest absolute Gasteiger partial charge is 0.372 e. The standard InChI is InChI=1S/C9H10ClN5O2S2/c1-5-13-9(18-14-5)15-19(16,17)6-3-7(10)8(11-2)12-4-6/h3-4H,1-2H3,(H,11,12)(H,13,14,15). The first-order chi connectivity index (χ1) is 8.92. The summed E-state index contributed by atoms with van der Waals surface area (Å²) in [5.74, 6) is 0.914. The summed E-state index contributed by atoms with van der Waals surface area (Å²) in [6.07, 6.45) is 1.22. The van der Waals surface area contributed by atoms with Gasteiger partial charge < -0.3 is 5.32 Å². The number of sulfonamides is 1. The maximum Gasteiger partial charge on any atom is 0.265 e. The van der Waals surface area contributed by atoms with E-state index in [1.54, 1.807) is 14.0 Å². The van der Waals surface area contributed by atoms with Crippen LogP contribution in [0.3, 0.4) is 0 Å². The van der Waals surface area contributed by atoms with Gasteiger partial charge in [-0.25, -0.2) is 18.4 Å². The van der Waals surface area contributed by atoms with Gasteiger partial charge in [-0.15, -0.1) is 0 Å². The second-order valence-corrected chi connectivity index (χ2v) is 6.35. The Kier molecular flexibility index (Phi) is 3.88. The Morgan fingerprint density at radius 2 is 2.16 bits per heavy atom. The van der Waals surface area contributed by atoms with Crippen molar-refractivity contribution in [3.8, 4) is 0 Å². The minimum absolute atomic E-state index is 0.0376. The molecule has 0 bridgehead atoms. The smallest absolute Gasteiger partial charge is 0.265 e. The van der Waals surface area contributed by atoms with Crippen molar-refractivity contribution in [2.24, 2.45) is 0 Å². The molecule has 0 amide bonds. The van der Waals surface area contributed by atoms with E-state index >= 15 is 0 Å². The van der Waals surface area contributed by atoms with Gasteiger partial charge in [0.25, 0.3) is 10.0 Å². The van der Waals surface area contributed by atoms with Gasteiger partial charge in [0, 0.05) is 24.8 Å². The first-order valence-electron chi connectivity index (χ1n) is 5.09. The van der Waals surface area contributed by atoms with Crippen LogP contribution in [-0.4, -0.2) is 29.8 Å². The molecule has 2 rings (SSSR count). The van der Waals surface area contributed by atoms with E-state index < -0.39 is 10.0 Å². The average molecular weight is 320 g/mol. The predicted molar refractivity (Wildman–Crippen MR) is 74.2 cm³/mol. The zero-order chi connectivity index (χ0) is 14.0. The molecule has 0 aliphatic rings. The van der Waals surface area contributed by atoms with Crippen molar-refractivity contribution in [3.63, 3.8) is 0 Å². The van der Waals surface area contributed by atoms with Gasteiger partial charge in [0.2, 0.25) is 5.13 Å². The molecule has 2 heterocycles. The highest BCUT2D eigenvalue weighted by molar-refractivity contribution is 7.93. The van der Waals surface area contributed by atoms with Crippen LogP contribution in [0, 0.1) is 6.92 Å². The molecule has 0 saturated carbocycles. The molecule has 19 heavy (non-hydrogen) atoms. The molecular weight excluding hydrogens is 310 g/mol. The molecule has 10 heteroatoms. The summed E-state index contributed by atoms with van der Waals surface area (Å²) in [5, 5.41) is 3.17. The molecule has 2 aromatic heterocycles. The maximum absolute atomic E-state index is 12.1. The van der Waals surface area contributed by atoms with Crippen LogP contribution < -0.4 is 10.0 Å². The van der Waals surface area contributed by atoms with Gasteiger partial charge in [-0.1, -0.05) is 11.6 Å². The van der Waals surface area contributed by atoms with Gasteiger partial charge in [-0.3, -0.25) is 4.72 Å². The van der Waals surface area contributed by atoms with E-state index in [9.17, 15) is 8.42 Å². The monoisotopic (exact) mass is 319 g/mol. The fourth-order valence-electron chi connectivity index (χ4n) is 1.26. The number of hydrogen-bond acceptors (Lipinski definition) is 7. The minimum Gasteiger partial charge on any atom is -0.372 e. The van der Waals surface area contributed by atoms with Gasteiger partial charge in [-0.2, -0.15) is 4.37 Å². The fourth-order valence-corrected chi connectivity index (χ4v) is 3.36. The van der Waals surface area contributed by atoms with E-state index in [0.29, 0.717) is 11.6 Å². The number of nitrogens with zero attached hydrogens (tertiary/aromatic N) is 3. The lowest BCUT2D eigenvalue weighted by Gasteiger charge is -2.07. The van der Waals surface area contributed by atoms with E-state index in [4.69, 9.17) is 11.6 Å². The van der Waals surface area contributed by atoms with Crippen molar-refractivity contribution in [2.75, 3.05) is 17.1 Å². The summed E-state index contributed by atoms with van der Waals surface area (Å²) in [7, 11) is -2.12. The lowest BCUT2D eigenvalue weighted by molar-refractivity contribution is 0.601. The molecule has 0 radical (unpaired) electrons. The maximum atomic E-state index is 12.1. The third-order valence-corrected chi connectivity index (χ3v) is 4.56. The van der Waals surface area contributed by atoms with Crippen LogP contribution in [0.2, 0.25) is 5.02 Å². The molecule has 0 aliphatic heterocycles. The molecular formula is C9H10ClN5O2S2. The zero-order valence-corrected chi connectivity index (χ0v) is 12.4. The molecule has 0 aromatic carbocycles. The van der Waals surface area contributed by atoms with Crippen molar-refractivity contribution in [1.29, 1.82) is 0 Å². The summed E-state index contributed by atoms with van der Waals surface area (Å²) in [5.41, 5.74) is 0. The number of aryl methyl sites for hydroxylation is 1. The predicted octanol–water partition coefficient (Wildman–Crippen LogP) is 1.74. The van der Waals surface area contributed by atoms with Crippen LogP contribution in [-0.2, 0) is 10.0 Å².